The molecule has 0 unspecified atom stereocenters. The molecule has 0 aliphatic heterocycles. The molecule has 0 aliphatic carbocycles. The maximum absolute atomic E-state index is 9.92. The number of hydrogen-bond donors (Lipinski definition) is 1. The number of nitrogens with zero attached hydrogens (tertiary/aromatic N) is 1. The molecule has 1 amide bonds. The number of hydrogen-bond acceptors (Lipinski definition) is 2. The van der Waals surface area contributed by atoms with Crippen LogP contribution in [-0.4, -0.2) is 17.9 Å². The molecule has 0 bridgehead atoms. The molecule has 70 valence electrons. The number of aromatic nitrogens is 1. The van der Waals surface area contributed by atoms with Gasteiger partial charge in [-0.1, -0.05) is 6.07 Å². The van der Waals surface area contributed by atoms with Crippen LogP contribution < -0.4 is 5.32 Å². The van der Waals surface area contributed by atoms with Gasteiger partial charge in [0.2, 0.25) is 6.41 Å². The van der Waals surface area contributed by atoms with Crippen molar-refractivity contribution in [2.24, 2.45) is 0 Å². The van der Waals surface area contributed by atoms with Crippen molar-refractivity contribution < 1.29 is 4.79 Å². The third-order valence-electron chi connectivity index (χ3n) is 1.84. The van der Waals surface area contributed by atoms with E-state index in [1.807, 2.05) is 12.3 Å². The first-order valence-electron chi connectivity index (χ1n) is 4.49. The van der Waals surface area contributed by atoms with E-state index in [1.165, 1.54) is 5.56 Å². The summed E-state index contributed by atoms with van der Waals surface area (Å²) in [6.07, 6.45) is 7.54. The molecular weight excluding hydrogens is 164 g/mol. The van der Waals surface area contributed by atoms with Crippen LogP contribution in [0.2, 0.25) is 0 Å². The summed E-state index contributed by atoms with van der Waals surface area (Å²) < 4.78 is 0. The minimum absolute atomic E-state index is 0.740. The fourth-order valence-corrected chi connectivity index (χ4v) is 1.16. The lowest BCUT2D eigenvalue weighted by Gasteiger charge is -1.99. The second kappa shape index (κ2) is 6.17. The Kier molecular flexibility index (Phi) is 4.61. The smallest absolute Gasteiger partial charge is 0.207 e. The highest BCUT2D eigenvalue weighted by atomic mass is 16.1. The number of rotatable bonds is 6. The minimum Gasteiger partial charge on any atom is -0.359 e. The summed E-state index contributed by atoms with van der Waals surface area (Å²) in [5, 5.41) is 2.64. The Bertz CT molecular complexity index is 236. The number of aryl methyl sites for hydroxylation is 1. The van der Waals surface area contributed by atoms with Gasteiger partial charge in [-0.3, -0.25) is 9.78 Å². The Morgan fingerprint density at radius 1 is 1.46 bits per heavy atom. The van der Waals surface area contributed by atoms with Gasteiger partial charge in [0.15, 0.2) is 0 Å². The molecule has 0 aliphatic rings. The summed E-state index contributed by atoms with van der Waals surface area (Å²) in [7, 11) is 0. The Labute approximate surface area is 78.2 Å². The van der Waals surface area contributed by atoms with Crippen LogP contribution in [0.15, 0.2) is 24.5 Å². The van der Waals surface area contributed by atoms with E-state index in [1.54, 1.807) is 6.20 Å². The van der Waals surface area contributed by atoms with Crippen LogP contribution in [-0.2, 0) is 11.2 Å². The molecule has 0 atom stereocenters. The van der Waals surface area contributed by atoms with Gasteiger partial charge in [0.1, 0.15) is 0 Å². The Hall–Kier alpha value is -1.38. The number of amides is 1. The van der Waals surface area contributed by atoms with Gasteiger partial charge in [-0.05, 0) is 30.9 Å². The van der Waals surface area contributed by atoms with Crippen molar-refractivity contribution >= 4 is 6.41 Å². The van der Waals surface area contributed by atoms with Gasteiger partial charge in [0.25, 0.3) is 0 Å². The van der Waals surface area contributed by atoms with Gasteiger partial charge in [-0.2, -0.15) is 0 Å². The zero-order valence-corrected chi connectivity index (χ0v) is 7.57. The molecule has 0 aromatic carbocycles. The number of pyridine rings is 1. The Balaban J connectivity index is 2.10. The van der Waals surface area contributed by atoms with Crippen LogP contribution in [0.25, 0.3) is 0 Å². The number of carbonyl (C=O) groups excluding carboxylic acids is 1. The maximum Gasteiger partial charge on any atom is 0.207 e. The molecule has 0 radical (unpaired) electrons. The van der Waals surface area contributed by atoms with E-state index in [0.717, 1.165) is 32.2 Å². The average molecular weight is 178 g/mol. The van der Waals surface area contributed by atoms with Gasteiger partial charge >= 0.3 is 0 Å². The summed E-state index contributed by atoms with van der Waals surface area (Å²) in [4.78, 5) is 13.9. The molecule has 1 heterocycles. The van der Waals surface area contributed by atoms with E-state index >= 15 is 0 Å². The van der Waals surface area contributed by atoms with Crippen LogP contribution >= 0.6 is 0 Å². The quantitative estimate of drug-likeness (QED) is 0.524. The molecular formula is C10H14N2O. The van der Waals surface area contributed by atoms with E-state index in [-0.39, 0.29) is 0 Å². The fraction of sp³-hybridized carbons (Fsp3) is 0.400. The average Bonchev–Trinajstić information content (AvgIpc) is 2.19. The lowest BCUT2D eigenvalue weighted by molar-refractivity contribution is -0.109. The molecule has 1 N–H and O–H groups in total. The van der Waals surface area contributed by atoms with Crippen molar-refractivity contribution in [2.75, 3.05) is 6.54 Å². The normalized spacial score (nSPS) is 9.54. The number of carbonyl (C=O) groups is 1. The highest BCUT2D eigenvalue weighted by Crippen LogP contribution is 2.01. The van der Waals surface area contributed by atoms with Crippen molar-refractivity contribution in [3.63, 3.8) is 0 Å². The number of unbranched alkanes of at least 4 members (excludes halogenated alkanes) is 1. The zero-order chi connectivity index (χ0) is 9.36. The van der Waals surface area contributed by atoms with Gasteiger partial charge < -0.3 is 5.32 Å². The molecule has 1 aromatic heterocycles. The molecule has 0 fully saturated rings. The van der Waals surface area contributed by atoms with E-state index in [2.05, 4.69) is 16.4 Å². The minimum atomic E-state index is 0.740. The molecule has 0 saturated heterocycles. The topological polar surface area (TPSA) is 42.0 Å². The molecule has 1 rings (SSSR count). The van der Waals surface area contributed by atoms with Gasteiger partial charge in [-0.25, -0.2) is 0 Å². The Morgan fingerprint density at radius 3 is 3.08 bits per heavy atom. The maximum atomic E-state index is 9.92. The summed E-state index contributed by atoms with van der Waals surface area (Å²) in [6, 6.07) is 4.01. The first kappa shape index (κ1) is 9.71. The summed E-state index contributed by atoms with van der Waals surface area (Å²) in [6.45, 7) is 0.768. The van der Waals surface area contributed by atoms with Gasteiger partial charge in [-0.15, -0.1) is 0 Å². The molecule has 1 aromatic rings. The summed E-state index contributed by atoms with van der Waals surface area (Å²) in [5.74, 6) is 0. The van der Waals surface area contributed by atoms with Crippen LogP contribution in [0.4, 0.5) is 0 Å². The fourth-order valence-electron chi connectivity index (χ4n) is 1.16. The largest absolute Gasteiger partial charge is 0.359 e. The zero-order valence-electron chi connectivity index (χ0n) is 7.57. The third-order valence-corrected chi connectivity index (χ3v) is 1.84. The van der Waals surface area contributed by atoms with Crippen molar-refractivity contribution in [3.8, 4) is 0 Å². The Morgan fingerprint density at radius 2 is 2.38 bits per heavy atom. The van der Waals surface area contributed by atoms with Gasteiger partial charge in [0, 0.05) is 18.9 Å². The van der Waals surface area contributed by atoms with Crippen molar-refractivity contribution in [2.45, 2.75) is 19.3 Å². The van der Waals surface area contributed by atoms with Gasteiger partial charge in [0.05, 0.1) is 0 Å². The third kappa shape index (κ3) is 4.25. The molecule has 3 nitrogen and oxygen atoms in total. The second-order valence-corrected chi connectivity index (χ2v) is 2.89. The van der Waals surface area contributed by atoms with Crippen LogP contribution in [0, 0.1) is 0 Å². The second-order valence-electron chi connectivity index (χ2n) is 2.89. The van der Waals surface area contributed by atoms with E-state index in [9.17, 15) is 4.79 Å². The molecule has 13 heavy (non-hydrogen) atoms. The first-order valence-corrected chi connectivity index (χ1v) is 4.49. The van der Waals surface area contributed by atoms with E-state index in [4.69, 9.17) is 0 Å². The highest BCUT2D eigenvalue weighted by Gasteiger charge is 1.91. The lowest BCUT2D eigenvalue weighted by atomic mass is 10.1. The van der Waals surface area contributed by atoms with Crippen molar-refractivity contribution in [3.05, 3.63) is 30.1 Å². The lowest BCUT2D eigenvalue weighted by Crippen LogP contribution is -2.11. The van der Waals surface area contributed by atoms with Crippen LogP contribution in [0.5, 0.6) is 0 Å². The molecule has 0 spiro atoms. The van der Waals surface area contributed by atoms with E-state index in [0.29, 0.717) is 0 Å². The molecule has 0 saturated carbocycles. The van der Waals surface area contributed by atoms with Crippen molar-refractivity contribution in [1.82, 2.24) is 10.3 Å². The predicted molar refractivity (Wildman–Crippen MR) is 51.2 cm³/mol. The SMILES string of the molecule is O=CNCCCCc1cccnc1. The highest BCUT2D eigenvalue weighted by molar-refractivity contribution is 5.45. The monoisotopic (exact) mass is 178 g/mol. The van der Waals surface area contributed by atoms with Crippen LogP contribution in [0.3, 0.4) is 0 Å². The summed E-state index contributed by atoms with van der Waals surface area (Å²) >= 11 is 0. The predicted octanol–water partition coefficient (Wildman–Crippen LogP) is 1.15. The van der Waals surface area contributed by atoms with Crippen LogP contribution in [0.1, 0.15) is 18.4 Å². The summed E-state index contributed by atoms with van der Waals surface area (Å²) in [5.41, 5.74) is 1.26. The standard InChI is InChI=1S/C10H14N2O/c13-9-12-6-2-1-4-10-5-3-7-11-8-10/h3,5,7-9H,1-2,4,6H2,(H,12,13). The first-order chi connectivity index (χ1) is 6.43. The van der Waals surface area contributed by atoms with Crippen molar-refractivity contribution in [1.29, 1.82) is 0 Å². The number of nitrogens with one attached hydrogen (secondary N) is 1. The van der Waals surface area contributed by atoms with E-state index < -0.39 is 0 Å². The molecule has 3 heteroatoms.